The summed E-state index contributed by atoms with van der Waals surface area (Å²) in [5.41, 5.74) is 2.13. The number of carbonyl (C=O) groups is 1. The first-order valence-corrected chi connectivity index (χ1v) is 13.7. The number of aromatic nitrogens is 2. The van der Waals surface area contributed by atoms with Crippen molar-refractivity contribution in [3.8, 4) is 11.5 Å². The molecular weight excluding hydrogens is 460 g/mol. The predicted molar refractivity (Wildman–Crippen MR) is 138 cm³/mol. The molecule has 6 rings (SSSR count). The van der Waals surface area contributed by atoms with Gasteiger partial charge < -0.3 is 19.3 Å². The monoisotopic (exact) mass is 492 g/mol. The van der Waals surface area contributed by atoms with Crippen molar-refractivity contribution >= 4 is 33.3 Å². The average Bonchev–Trinajstić information content (AvgIpc) is 3.44. The van der Waals surface area contributed by atoms with Gasteiger partial charge in [-0.05, 0) is 55.9 Å². The molecule has 1 atom stereocenters. The first-order valence-electron chi connectivity index (χ1n) is 12.9. The molecule has 3 aliphatic rings. The first kappa shape index (κ1) is 22.6. The van der Waals surface area contributed by atoms with Crippen molar-refractivity contribution in [1.29, 1.82) is 0 Å². The normalized spacial score (nSPS) is 18.5. The third-order valence-corrected chi connectivity index (χ3v) is 8.79. The molecule has 1 aliphatic carbocycles. The minimum atomic E-state index is 0.0421. The van der Waals surface area contributed by atoms with E-state index < -0.39 is 0 Å². The van der Waals surface area contributed by atoms with Crippen LogP contribution in [-0.4, -0.2) is 53.7 Å². The largest absolute Gasteiger partial charge is 0.454 e. The molecule has 1 unspecified atom stereocenters. The summed E-state index contributed by atoms with van der Waals surface area (Å²) in [7, 11) is 0. The van der Waals surface area contributed by atoms with Crippen LogP contribution in [-0.2, 0) is 12.8 Å². The Hall–Kier alpha value is -2.87. The lowest BCUT2D eigenvalue weighted by Crippen LogP contribution is -2.49. The van der Waals surface area contributed by atoms with Crippen molar-refractivity contribution in [3.63, 3.8) is 0 Å². The van der Waals surface area contributed by atoms with Gasteiger partial charge in [0.15, 0.2) is 11.5 Å². The second kappa shape index (κ2) is 9.30. The van der Waals surface area contributed by atoms with Crippen molar-refractivity contribution < 1.29 is 14.3 Å². The van der Waals surface area contributed by atoms with E-state index in [2.05, 4.69) is 18.7 Å². The maximum atomic E-state index is 13.2. The van der Waals surface area contributed by atoms with Crippen molar-refractivity contribution in [2.75, 3.05) is 37.9 Å². The molecule has 4 heterocycles. The number of benzene rings is 1. The van der Waals surface area contributed by atoms with Crippen LogP contribution in [0.25, 0.3) is 10.2 Å². The van der Waals surface area contributed by atoms with Crippen LogP contribution < -0.4 is 14.4 Å². The maximum absolute atomic E-state index is 13.2. The van der Waals surface area contributed by atoms with Crippen molar-refractivity contribution in [2.45, 2.75) is 58.3 Å². The zero-order chi connectivity index (χ0) is 23.9. The highest BCUT2D eigenvalue weighted by Gasteiger charge is 2.29. The summed E-state index contributed by atoms with van der Waals surface area (Å²) in [5.74, 6) is 3.75. The number of ether oxygens (including phenoxy) is 2. The zero-order valence-corrected chi connectivity index (χ0v) is 21.3. The summed E-state index contributed by atoms with van der Waals surface area (Å²) in [4.78, 5) is 30.4. The minimum Gasteiger partial charge on any atom is -0.454 e. The Labute approximate surface area is 210 Å². The summed E-state index contributed by atoms with van der Waals surface area (Å²) in [6.45, 7) is 7.50. The average molecular weight is 493 g/mol. The van der Waals surface area contributed by atoms with E-state index in [1.807, 2.05) is 28.4 Å². The molecule has 1 saturated heterocycles. The fraction of sp³-hybridized carbons (Fsp3) is 0.519. The smallest absolute Gasteiger partial charge is 0.254 e. The Morgan fingerprint density at radius 2 is 1.86 bits per heavy atom. The molecule has 1 aromatic carbocycles. The Morgan fingerprint density at radius 3 is 2.69 bits per heavy atom. The van der Waals surface area contributed by atoms with Gasteiger partial charge in [-0.2, -0.15) is 0 Å². The third-order valence-electron chi connectivity index (χ3n) is 7.60. The Balaban J connectivity index is 1.28. The van der Waals surface area contributed by atoms with Gasteiger partial charge in [0, 0.05) is 42.5 Å². The van der Waals surface area contributed by atoms with Crippen molar-refractivity contribution in [2.24, 2.45) is 0 Å². The molecule has 2 aromatic heterocycles. The lowest BCUT2D eigenvalue weighted by molar-refractivity contribution is 0.0746. The van der Waals surface area contributed by atoms with Gasteiger partial charge in [-0.3, -0.25) is 4.79 Å². The van der Waals surface area contributed by atoms with Gasteiger partial charge in [-0.1, -0.05) is 20.3 Å². The van der Waals surface area contributed by atoms with Crippen LogP contribution in [0.3, 0.4) is 0 Å². The second-order valence-corrected chi connectivity index (χ2v) is 10.9. The number of carbonyl (C=O) groups excluding carboxylic acids is 1. The number of hydrogen-bond acceptors (Lipinski definition) is 7. The van der Waals surface area contributed by atoms with Crippen LogP contribution in [0, 0.1) is 0 Å². The fourth-order valence-corrected chi connectivity index (χ4v) is 6.56. The number of aryl methyl sites for hydroxylation is 2. The Kier molecular flexibility index (Phi) is 6.00. The van der Waals surface area contributed by atoms with Crippen molar-refractivity contribution in [1.82, 2.24) is 14.9 Å². The Bertz CT molecular complexity index is 1270. The number of amides is 1. The van der Waals surface area contributed by atoms with Gasteiger partial charge in [0.1, 0.15) is 16.5 Å². The summed E-state index contributed by atoms with van der Waals surface area (Å²) in [6.07, 6.45) is 7.10. The molecule has 0 saturated carbocycles. The van der Waals surface area contributed by atoms with Gasteiger partial charge in [0.2, 0.25) is 6.79 Å². The predicted octanol–water partition coefficient (Wildman–Crippen LogP) is 5.16. The number of rotatable bonds is 4. The Morgan fingerprint density at radius 1 is 1.06 bits per heavy atom. The van der Waals surface area contributed by atoms with Crippen LogP contribution in [0.4, 0.5) is 5.82 Å². The molecule has 35 heavy (non-hydrogen) atoms. The zero-order valence-electron chi connectivity index (χ0n) is 20.5. The number of piperazine rings is 1. The molecular formula is C27H32N4O3S. The van der Waals surface area contributed by atoms with Crippen LogP contribution >= 0.6 is 11.3 Å². The second-order valence-electron chi connectivity index (χ2n) is 9.81. The SMILES string of the molecule is CCC(C)c1nc(N2CCN(C(=O)c3ccc4c(c3)OCO4)CC2)c2c3c(sc2n1)CCCCC3. The van der Waals surface area contributed by atoms with Gasteiger partial charge in [0.25, 0.3) is 5.91 Å². The third kappa shape index (κ3) is 4.11. The van der Waals surface area contributed by atoms with Crippen LogP contribution in [0.5, 0.6) is 11.5 Å². The number of anilines is 1. The number of hydrogen-bond donors (Lipinski definition) is 0. The molecule has 184 valence electrons. The topological polar surface area (TPSA) is 67.8 Å². The van der Waals surface area contributed by atoms with E-state index in [1.165, 1.54) is 35.1 Å². The van der Waals surface area contributed by atoms with Crippen LogP contribution in [0.15, 0.2) is 18.2 Å². The molecule has 1 fully saturated rings. The van der Waals surface area contributed by atoms with Gasteiger partial charge in [-0.25, -0.2) is 9.97 Å². The molecule has 0 N–H and O–H groups in total. The van der Waals surface area contributed by atoms with E-state index in [0.29, 0.717) is 36.1 Å². The lowest BCUT2D eigenvalue weighted by Gasteiger charge is -2.36. The van der Waals surface area contributed by atoms with Gasteiger partial charge in [0.05, 0.1) is 5.39 Å². The van der Waals surface area contributed by atoms with E-state index >= 15 is 0 Å². The summed E-state index contributed by atoms with van der Waals surface area (Å²) in [6, 6.07) is 5.45. The fourth-order valence-electron chi connectivity index (χ4n) is 5.30. The van der Waals surface area contributed by atoms with Crippen LogP contribution in [0.1, 0.15) is 72.1 Å². The summed E-state index contributed by atoms with van der Waals surface area (Å²) in [5, 5.41) is 1.27. The highest BCUT2D eigenvalue weighted by molar-refractivity contribution is 7.19. The lowest BCUT2D eigenvalue weighted by atomic mass is 10.1. The summed E-state index contributed by atoms with van der Waals surface area (Å²) >= 11 is 1.88. The molecule has 8 heteroatoms. The highest BCUT2D eigenvalue weighted by Crippen LogP contribution is 2.40. The number of fused-ring (bicyclic) bond motifs is 4. The summed E-state index contributed by atoms with van der Waals surface area (Å²) < 4.78 is 10.9. The first-order chi connectivity index (χ1) is 17.1. The van der Waals surface area contributed by atoms with E-state index in [4.69, 9.17) is 19.4 Å². The molecule has 7 nitrogen and oxygen atoms in total. The number of thiophene rings is 1. The molecule has 1 amide bonds. The van der Waals surface area contributed by atoms with Crippen LogP contribution in [0.2, 0.25) is 0 Å². The maximum Gasteiger partial charge on any atom is 0.254 e. The molecule has 0 spiro atoms. The molecule has 0 radical (unpaired) electrons. The quantitative estimate of drug-likeness (QED) is 0.469. The van der Waals surface area contributed by atoms with E-state index in [-0.39, 0.29) is 12.7 Å². The van der Waals surface area contributed by atoms with E-state index in [0.717, 1.165) is 48.8 Å². The molecule has 0 bridgehead atoms. The van der Waals surface area contributed by atoms with E-state index in [9.17, 15) is 4.79 Å². The minimum absolute atomic E-state index is 0.0421. The molecule has 2 aliphatic heterocycles. The van der Waals surface area contributed by atoms with E-state index in [1.54, 1.807) is 6.07 Å². The van der Waals surface area contributed by atoms with Crippen molar-refractivity contribution in [3.05, 3.63) is 40.0 Å². The highest BCUT2D eigenvalue weighted by atomic mass is 32.1. The number of nitrogens with zero attached hydrogens (tertiary/aromatic N) is 4. The molecule has 3 aromatic rings. The standard InChI is InChI=1S/C27H32N4O3S/c1-3-17(2)24-28-25(23-19-7-5-4-6-8-22(19)35-26(23)29-24)30-11-13-31(14-12-30)27(32)18-9-10-20-21(15-18)34-16-33-20/h9-10,15,17H,3-8,11-14,16H2,1-2H3. The van der Waals surface area contributed by atoms with Gasteiger partial charge in [-0.15, -0.1) is 11.3 Å². The van der Waals surface area contributed by atoms with Gasteiger partial charge >= 0.3 is 0 Å².